The Kier molecular flexibility index (Phi) is 8.65. The van der Waals surface area contributed by atoms with Crippen molar-refractivity contribution in [3.8, 4) is 34.1 Å². The Morgan fingerprint density at radius 1 is 0.444 bits per heavy atom. The van der Waals surface area contributed by atoms with E-state index in [1.165, 1.54) is 18.1 Å². The predicted molar refractivity (Wildman–Crippen MR) is 179 cm³/mol. The van der Waals surface area contributed by atoms with Crippen molar-refractivity contribution in [2.75, 3.05) is 0 Å². The molecule has 0 amide bonds. The van der Waals surface area contributed by atoms with Crippen LogP contribution in [0.15, 0.2) is 146 Å². The van der Waals surface area contributed by atoms with Gasteiger partial charge in [-0.25, -0.2) is 0 Å². The summed E-state index contributed by atoms with van der Waals surface area (Å²) in [5, 5.41) is 0. The molecule has 0 aliphatic heterocycles. The van der Waals surface area contributed by atoms with Crippen LogP contribution >= 0.6 is 0 Å². The molecule has 0 aliphatic carbocycles. The van der Waals surface area contributed by atoms with E-state index in [-0.39, 0.29) is 11.6 Å². The fourth-order valence-electron chi connectivity index (χ4n) is 5.02. The molecule has 4 heteroatoms. The van der Waals surface area contributed by atoms with Gasteiger partial charge in [0.15, 0.2) is 11.6 Å². The lowest BCUT2D eigenvalue weighted by Crippen LogP contribution is -2.01. The Morgan fingerprint density at radius 2 is 0.778 bits per heavy atom. The highest BCUT2D eigenvalue weighted by Crippen LogP contribution is 2.27. The number of hydrogen-bond donors (Lipinski definition) is 0. The molecule has 6 aromatic rings. The highest BCUT2D eigenvalue weighted by atomic mass is 16.5. The largest absolute Gasteiger partial charge is 0.457 e. The van der Waals surface area contributed by atoms with Crippen LogP contribution in [-0.2, 0) is 6.42 Å². The summed E-state index contributed by atoms with van der Waals surface area (Å²) in [6.45, 7) is 3.62. The van der Waals surface area contributed by atoms with Gasteiger partial charge in [-0.05, 0) is 115 Å². The number of benzene rings is 6. The normalized spacial score (nSPS) is 10.7. The minimum atomic E-state index is -0.0488. The number of Topliss-reactive ketones (excluding diaryl/α,β-unsaturated/α-hetero) is 1. The molecule has 6 rings (SSSR count). The lowest BCUT2D eigenvalue weighted by molar-refractivity contribution is 0.101. The van der Waals surface area contributed by atoms with Gasteiger partial charge >= 0.3 is 0 Å². The van der Waals surface area contributed by atoms with Gasteiger partial charge < -0.3 is 9.47 Å². The lowest BCUT2D eigenvalue weighted by atomic mass is 9.99. The van der Waals surface area contributed by atoms with E-state index in [1.807, 2.05) is 48.5 Å². The second-order valence-electron chi connectivity index (χ2n) is 11.0. The summed E-state index contributed by atoms with van der Waals surface area (Å²) in [6, 6.07) is 46.5. The van der Waals surface area contributed by atoms with Crippen LogP contribution in [0.5, 0.6) is 23.0 Å². The van der Waals surface area contributed by atoms with Gasteiger partial charge in [0.25, 0.3) is 0 Å². The molecule has 0 aromatic heterocycles. The average molecular weight is 589 g/mol. The van der Waals surface area contributed by atoms with E-state index in [9.17, 15) is 9.59 Å². The Balaban J connectivity index is 1.02. The maximum absolute atomic E-state index is 13.1. The SMILES string of the molecule is CC(=O)c1ccc(Oc2ccc(C(=O)c3ccc(Cc4ccc(Oc5ccc(-c6ccc(C)cc6)cc5)cc4)cc3)cc2)cc1. The van der Waals surface area contributed by atoms with Gasteiger partial charge in [0.2, 0.25) is 0 Å². The van der Waals surface area contributed by atoms with Gasteiger partial charge in [0, 0.05) is 16.7 Å². The van der Waals surface area contributed by atoms with Gasteiger partial charge in [0.05, 0.1) is 0 Å². The number of carbonyl (C=O) groups excluding carboxylic acids is 2. The molecule has 0 saturated heterocycles. The summed E-state index contributed by atoms with van der Waals surface area (Å²) in [6.07, 6.45) is 0.749. The third-order valence-corrected chi connectivity index (χ3v) is 7.64. The maximum Gasteiger partial charge on any atom is 0.193 e. The van der Waals surface area contributed by atoms with Gasteiger partial charge in [-0.3, -0.25) is 9.59 Å². The molecule has 0 unspecified atom stereocenters. The Bertz CT molecular complexity index is 1900. The van der Waals surface area contributed by atoms with Crippen molar-refractivity contribution >= 4 is 11.6 Å². The maximum atomic E-state index is 13.1. The Labute approximate surface area is 263 Å². The molecule has 6 aromatic carbocycles. The van der Waals surface area contributed by atoms with Gasteiger partial charge in [-0.15, -0.1) is 0 Å². The molecule has 0 bridgehead atoms. The van der Waals surface area contributed by atoms with Crippen LogP contribution in [0.3, 0.4) is 0 Å². The zero-order valence-corrected chi connectivity index (χ0v) is 25.2. The van der Waals surface area contributed by atoms with E-state index in [1.54, 1.807) is 48.5 Å². The summed E-state index contributed by atoms with van der Waals surface area (Å²) < 4.78 is 11.9. The third kappa shape index (κ3) is 7.43. The smallest absolute Gasteiger partial charge is 0.193 e. The van der Waals surface area contributed by atoms with Crippen molar-refractivity contribution in [2.24, 2.45) is 0 Å². The summed E-state index contributed by atoms with van der Waals surface area (Å²) in [7, 11) is 0. The first-order valence-electron chi connectivity index (χ1n) is 14.9. The fourth-order valence-corrected chi connectivity index (χ4v) is 5.02. The zero-order chi connectivity index (χ0) is 31.2. The highest BCUT2D eigenvalue weighted by Gasteiger charge is 2.10. The van der Waals surface area contributed by atoms with Crippen molar-refractivity contribution in [3.05, 3.63) is 179 Å². The second kappa shape index (κ2) is 13.3. The van der Waals surface area contributed by atoms with Crippen molar-refractivity contribution in [1.29, 1.82) is 0 Å². The first-order chi connectivity index (χ1) is 21.9. The number of ether oxygens (including phenoxy) is 2. The summed E-state index contributed by atoms with van der Waals surface area (Å²) in [4.78, 5) is 24.6. The molecule has 0 saturated carbocycles. The molecule has 0 atom stereocenters. The summed E-state index contributed by atoms with van der Waals surface area (Å²) in [5.74, 6) is 2.78. The van der Waals surface area contributed by atoms with E-state index in [2.05, 4.69) is 55.5 Å². The molecule has 0 radical (unpaired) electrons. The Morgan fingerprint density at radius 3 is 1.22 bits per heavy atom. The number of rotatable bonds is 10. The first kappa shape index (κ1) is 29.3. The minimum Gasteiger partial charge on any atom is -0.457 e. The molecule has 0 spiro atoms. The van der Waals surface area contributed by atoms with Crippen molar-refractivity contribution < 1.29 is 19.1 Å². The van der Waals surface area contributed by atoms with E-state index >= 15 is 0 Å². The first-order valence-corrected chi connectivity index (χ1v) is 14.9. The second-order valence-corrected chi connectivity index (χ2v) is 11.0. The molecular formula is C41H32O4. The summed E-state index contributed by atoms with van der Waals surface area (Å²) >= 11 is 0. The number of hydrogen-bond acceptors (Lipinski definition) is 4. The van der Waals surface area contributed by atoms with E-state index in [0.29, 0.717) is 28.2 Å². The molecule has 0 N–H and O–H groups in total. The highest BCUT2D eigenvalue weighted by molar-refractivity contribution is 6.09. The third-order valence-electron chi connectivity index (χ3n) is 7.64. The Hall–Kier alpha value is -5.74. The van der Waals surface area contributed by atoms with Crippen LogP contribution < -0.4 is 9.47 Å². The van der Waals surface area contributed by atoms with Crippen LogP contribution in [0.25, 0.3) is 11.1 Å². The number of carbonyl (C=O) groups is 2. The lowest BCUT2D eigenvalue weighted by Gasteiger charge is -2.09. The standard InChI is InChI=1S/C41H32O4/c1-28-3-9-33(10-4-28)34-15-23-39(24-16-34)44-37-19-7-31(8-20-37)27-30-5-11-35(12-6-30)41(43)36-17-25-40(26-18-36)45-38-21-13-32(14-22-38)29(2)42/h3-26H,27H2,1-2H3. The topological polar surface area (TPSA) is 52.6 Å². The average Bonchev–Trinajstić information content (AvgIpc) is 3.07. The molecule has 45 heavy (non-hydrogen) atoms. The van der Waals surface area contributed by atoms with Crippen LogP contribution in [0.2, 0.25) is 0 Å². The van der Waals surface area contributed by atoms with Gasteiger partial charge in [-0.1, -0.05) is 78.4 Å². The fraction of sp³-hybridized carbons (Fsp3) is 0.0732. The van der Waals surface area contributed by atoms with Crippen LogP contribution in [0.4, 0.5) is 0 Å². The van der Waals surface area contributed by atoms with Crippen LogP contribution in [-0.4, -0.2) is 11.6 Å². The van der Waals surface area contributed by atoms with Crippen molar-refractivity contribution in [1.82, 2.24) is 0 Å². The quantitative estimate of drug-likeness (QED) is 0.149. The zero-order valence-electron chi connectivity index (χ0n) is 25.2. The monoisotopic (exact) mass is 588 g/mol. The molecule has 0 aliphatic rings. The van der Waals surface area contributed by atoms with E-state index in [0.717, 1.165) is 34.6 Å². The summed E-state index contributed by atoms with van der Waals surface area (Å²) in [5.41, 5.74) is 7.71. The van der Waals surface area contributed by atoms with Gasteiger partial charge in [-0.2, -0.15) is 0 Å². The van der Waals surface area contributed by atoms with Crippen LogP contribution in [0, 0.1) is 6.92 Å². The van der Waals surface area contributed by atoms with Crippen LogP contribution in [0.1, 0.15) is 49.9 Å². The number of aryl methyl sites for hydroxylation is 1. The molecule has 0 heterocycles. The van der Waals surface area contributed by atoms with E-state index < -0.39 is 0 Å². The molecule has 220 valence electrons. The van der Waals surface area contributed by atoms with Crippen molar-refractivity contribution in [2.45, 2.75) is 20.3 Å². The van der Waals surface area contributed by atoms with Crippen molar-refractivity contribution in [3.63, 3.8) is 0 Å². The molecule has 0 fully saturated rings. The van der Waals surface area contributed by atoms with Gasteiger partial charge in [0.1, 0.15) is 23.0 Å². The van der Waals surface area contributed by atoms with E-state index in [4.69, 9.17) is 9.47 Å². The molecule has 4 nitrogen and oxygen atoms in total. The molecular weight excluding hydrogens is 556 g/mol. The predicted octanol–water partition coefficient (Wildman–Crippen LogP) is 10.3. The number of ketones is 2. The minimum absolute atomic E-state index is 0.00834.